The van der Waals surface area contributed by atoms with Crippen LogP contribution in [-0.4, -0.2) is 36.2 Å². The Hall–Kier alpha value is -3.72. The lowest BCUT2D eigenvalue weighted by atomic mass is 9.99. The summed E-state index contributed by atoms with van der Waals surface area (Å²) in [5, 5.41) is 3.89. The van der Waals surface area contributed by atoms with Crippen molar-refractivity contribution in [3.8, 4) is 22.9 Å². The van der Waals surface area contributed by atoms with Crippen molar-refractivity contribution in [3.63, 3.8) is 0 Å². The van der Waals surface area contributed by atoms with Crippen molar-refractivity contribution in [3.05, 3.63) is 59.4 Å². The maximum Gasteiger partial charge on any atom is 0.407 e. The first kappa shape index (κ1) is 23.4. The van der Waals surface area contributed by atoms with Gasteiger partial charge in [0.1, 0.15) is 28.5 Å². The zero-order valence-electron chi connectivity index (χ0n) is 19.6. The fourth-order valence-electron chi connectivity index (χ4n) is 3.48. The van der Waals surface area contributed by atoms with Crippen LogP contribution in [0, 0.1) is 6.92 Å². The molecule has 0 atom stereocenters. The van der Waals surface area contributed by atoms with Crippen molar-refractivity contribution in [1.82, 2.24) is 29.8 Å². The lowest BCUT2D eigenvalue weighted by Gasteiger charge is -2.20. The minimum atomic E-state index is -0.610. The lowest BCUT2D eigenvalue weighted by molar-refractivity contribution is 0.0523. The van der Waals surface area contributed by atoms with Gasteiger partial charge in [0.2, 0.25) is 0 Å². The zero-order chi connectivity index (χ0) is 24.5. The fourth-order valence-corrected chi connectivity index (χ4v) is 3.71. The van der Waals surface area contributed by atoms with Gasteiger partial charge in [-0.2, -0.15) is 0 Å². The number of benzene rings is 1. The first-order valence-corrected chi connectivity index (χ1v) is 11.0. The molecular weight excluding hydrogens is 456 g/mol. The van der Waals surface area contributed by atoms with Crippen LogP contribution in [0.3, 0.4) is 0 Å². The van der Waals surface area contributed by atoms with Gasteiger partial charge in [0.25, 0.3) is 0 Å². The third kappa shape index (κ3) is 5.26. The summed E-state index contributed by atoms with van der Waals surface area (Å²) in [4.78, 5) is 29.3. The molecule has 1 amide bonds. The lowest BCUT2D eigenvalue weighted by Crippen LogP contribution is -2.32. The number of hydrogen-bond acceptors (Lipinski definition) is 7. The summed E-state index contributed by atoms with van der Waals surface area (Å²) in [6.45, 7) is 7.49. The molecule has 0 bridgehead atoms. The number of amides is 1. The maximum atomic E-state index is 12.3. The largest absolute Gasteiger partial charge is 0.444 e. The van der Waals surface area contributed by atoms with Gasteiger partial charge in [0, 0.05) is 37.2 Å². The molecule has 4 aromatic rings. The highest BCUT2D eigenvalue weighted by Gasteiger charge is 2.20. The SMILES string of the molecule is Cc1ccnc(Oc2ccc(-c3cn(C)c4ncnc(Cl)c34)c(CNC(=O)OC(C)(C)C)c2)n1. The smallest absolute Gasteiger partial charge is 0.407 e. The van der Waals surface area contributed by atoms with E-state index in [1.165, 1.54) is 6.33 Å². The predicted octanol–water partition coefficient (Wildman–Crippen LogP) is 5.20. The van der Waals surface area contributed by atoms with E-state index in [0.29, 0.717) is 16.5 Å². The van der Waals surface area contributed by atoms with E-state index in [1.807, 2.05) is 63.7 Å². The number of ether oxygens (including phenoxy) is 2. The molecule has 3 heterocycles. The molecule has 0 aliphatic heterocycles. The molecule has 0 unspecified atom stereocenters. The number of rotatable bonds is 5. The van der Waals surface area contributed by atoms with E-state index in [2.05, 4.69) is 25.3 Å². The van der Waals surface area contributed by atoms with Crippen molar-refractivity contribution in [1.29, 1.82) is 0 Å². The van der Waals surface area contributed by atoms with Gasteiger partial charge in [-0.1, -0.05) is 17.7 Å². The Balaban J connectivity index is 1.74. The Morgan fingerprint density at radius 3 is 2.68 bits per heavy atom. The molecule has 34 heavy (non-hydrogen) atoms. The second-order valence-electron chi connectivity index (χ2n) is 8.77. The summed E-state index contributed by atoms with van der Waals surface area (Å²) in [5.74, 6) is 0.526. The van der Waals surface area contributed by atoms with Crippen molar-refractivity contribution >= 4 is 28.7 Å². The van der Waals surface area contributed by atoms with Gasteiger partial charge in [-0.15, -0.1) is 0 Å². The molecule has 10 heteroatoms. The van der Waals surface area contributed by atoms with Crippen molar-refractivity contribution in [2.24, 2.45) is 7.05 Å². The van der Waals surface area contributed by atoms with Crippen LogP contribution < -0.4 is 10.1 Å². The van der Waals surface area contributed by atoms with Gasteiger partial charge in [0.15, 0.2) is 0 Å². The van der Waals surface area contributed by atoms with E-state index in [1.54, 1.807) is 12.3 Å². The molecule has 0 saturated heterocycles. The number of nitrogens with one attached hydrogen (secondary N) is 1. The normalized spacial score (nSPS) is 11.5. The van der Waals surface area contributed by atoms with Crippen LogP contribution in [-0.2, 0) is 18.3 Å². The van der Waals surface area contributed by atoms with Crippen molar-refractivity contribution < 1.29 is 14.3 Å². The van der Waals surface area contributed by atoms with Crippen LogP contribution in [0.5, 0.6) is 11.8 Å². The molecule has 9 nitrogen and oxygen atoms in total. The number of halogens is 1. The molecule has 0 aliphatic rings. The summed E-state index contributed by atoms with van der Waals surface area (Å²) in [6.07, 6.45) is 4.47. The summed E-state index contributed by atoms with van der Waals surface area (Å²) in [7, 11) is 1.89. The van der Waals surface area contributed by atoms with E-state index in [-0.39, 0.29) is 12.6 Å². The summed E-state index contributed by atoms with van der Waals surface area (Å²) >= 11 is 6.44. The van der Waals surface area contributed by atoms with Crippen LogP contribution in [0.1, 0.15) is 32.0 Å². The van der Waals surface area contributed by atoms with E-state index in [0.717, 1.165) is 27.8 Å². The Labute approximate surface area is 202 Å². The fraction of sp³-hybridized carbons (Fsp3) is 0.292. The minimum Gasteiger partial charge on any atom is -0.444 e. The molecular formula is C24H25ClN6O3. The Kier molecular flexibility index (Phi) is 6.39. The van der Waals surface area contributed by atoms with Gasteiger partial charge in [0.05, 0.1) is 5.39 Å². The topological polar surface area (TPSA) is 104 Å². The van der Waals surface area contributed by atoms with Gasteiger partial charge < -0.3 is 19.4 Å². The van der Waals surface area contributed by atoms with Crippen LogP contribution >= 0.6 is 11.6 Å². The number of alkyl carbamates (subject to hydrolysis) is 1. The quantitative estimate of drug-likeness (QED) is 0.391. The molecule has 176 valence electrons. The van der Waals surface area contributed by atoms with Gasteiger partial charge in [-0.3, -0.25) is 0 Å². The van der Waals surface area contributed by atoms with Crippen LogP contribution in [0.15, 0.2) is 43.0 Å². The minimum absolute atomic E-state index is 0.192. The summed E-state index contributed by atoms with van der Waals surface area (Å²) in [6, 6.07) is 7.57. The van der Waals surface area contributed by atoms with E-state index < -0.39 is 11.7 Å². The predicted molar refractivity (Wildman–Crippen MR) is 129 cm³/mol. The zero-order valence-corrected chi connectivity index (χ0v) is 20.3. The Morgan fingerprint density at radius 2 is 1.94 bits per heavy atom. The Bertz CT molecular complexity index is 1360. The number of carbonyl (C=O) groups excluding carboxylic acids is 1. The van der Waals surface area contributed by atoms with Crippen LogP contribution in [0.25, 0.3) is 22.2 Å². The first-order valence-electron chi connectivity index (χ1n) is 10.6. The second-order valence-corrected chi connectivity index (χ2v) is 9.13. The van der Waals surface area contributed by atoms with Crippen LogP contribution in [0.2, 0.25) is 5.15 Å². The molecule has 4 rings (SSSR count). The highest BCUT2D eigenvalue weighted by Crippen LogP contribution is 2.36. The van der Waals surface area contributed by atoms with Gasteiger partial charge in [-0.05, 0) is 57.0 Å². The van der Waals surface area contributed by atoms with Crippen molar-refractivity contribution in [2.75, 3.05) is 0 Å². The average molecular weight is 481 g/mol. The summed E-state index contributed by atoms with van der Waals surface area (Å²) in [5.41, 5.74) is 3.34. The van der Waals surface area contributed by atoms with Gasteiger partial charge >= 0.3 is 12.1 Å². The maximum absolute atomic E-state index is 12.3. The van der Waals surface area contributed by atoms with E-state index in [4.69, 9.17) is 21.1 Å². The average Bonchev–Trinajstić information content (AvgIpc) is 3.09. The molecule has 0 spiro atoms. The number of aromatic nitrogens is 5. The number of fused-ring (bicyclic) bond motifs is 1. The molecule has 0 saturated carbocycles. The monoisotopic (exact) mass is 480 g/mol. The van der Waals surface area contributed by atoms with Gasteiger partial charge in [-0.25, -0.2) is 24.7 Å². The summed E-state index contributed by atoms with van der Waals surface area (Å²) < 4.78 is 13.1. The third-order valence-corrected chi connectivity index (χ3v) is 5.16. The molecule has 0 aliphatic carbocycles. The van der Waals surface area contributed by atoms with E-state index >= 15 is 0 Å². The molecule has 0 fully saturated rings. The third-order valence-electron chi connectivity index (χ3n) is 4.88. The second kappa shape index (κ2) is 9.26. The standard InChI is InChI=1S/C24H25ClN6O3/c1-14-8-9-26-22(30-14)33-16-6-7-17(15(10-16)11-27-23(32)34-24(2,3)4)18-12-31(5)21-19(18)20(25)28-13-29-21/h6-10,12-13H,11H2,1-5H3,(H,27,32). The van der Waals surface area contributed by atoms with Crippen molar-refractivity contribution in [2.45, 2.75) is 39.8 Å². The highest BCUT2D eigenvalue weighted by atomic mass is 35.5. The number of hydrogen-bond donors (Lipinski definition) is 1. The van der Waals surface area contributed by atoms with Crippen LogP contribution in [0.4, 0.5) is 4.79 Å². The first-order chi connectivity index (χ1) is 16.1. The molecule has 0 radical (unpaired) electrons. The number of nitrogens with zero attached hydrogens (tertiary/aromatic N) is 5. The number of aryl methyl sites for hydroxylation is 2. The molecule has 1 aromatic carbocycles. The molecule has 3 aromatic heterocycles. The Morgan fingerprint density at radius 1 is 1.15 bits per heavy atom. The molecule has 1 N–H and O–H groups in total. The van der Waals surface area contributed by atoms with E-state index in [9.17, 15) is 4.79 Å². The highest BCUT2D eigenvalue weighted by molar-refractivity contribution is 6.35. The number of carbonyl (C=O) groups is 1.